The van der Waals surface area contributed by atoms with Gasteiger partial charge in [-0.1, -0.05) is 0 Å². The number of hydrogen-bond donors (Lipinski definition) is 3. The standard InChI is InChI=1S/C3H7NO.CH4O3S/c5-3-1-2-4-3;1-5(2,3)4/h3-5H,1-2H2;1H3,(H,2,3,4). The second kappa shape index (κ2) is 3.87. The Bertz CT molecular complexity index is 164. The quantitative estimate of drug-likeness (QED) is 0.397. The summed E-state index contributed by atoms with van der Waals surface area (Å²) in [7, 11) is -3.67. The third kappa shape index (κ3) is 10.7. The molecule has 1 fully saturated rings. The summed E-state index contributed by atoms with van der Waals surface area (Å²) in [5.41, 5.74) is 0. The molecule has 0 aromatic heterocycles. The van der Waals surface area contributed by atoms with Crippen LogP contribution in [0.15, 0.2) is 0 Å². The molecule has 1 rings (SSSR count). The molecule has 62 valence electrons. The van der Waals surface area contributed by atoms with Crippen LogP contribution in [-0.4, -0.2) is 37.1 Å². The Balaban J connectivity index is 0.000000162. The van der Waals surface area contributed by atoms with E-state index in [1.165, 1.54) is 0 Å². The average Bonchev–Trinajstić information content (AvgIpc) is 1.56. The van der Waals surface area contributed by atoms with Crippen molar-refractivity contribution in [3.8, 4) is 0 Å². The molecular formula is C4H11NO4S. The minimum atomic E-state index is -3.67. The maximum absolute atomic E-state index is 9.19. The van der Waals surface area contributed by atoms with Crippen LogP contribution in [0.4, 0.5) is 0 Å². The van der Waals surface area contributed by atoms with Gasteiger partial charge in [-0.3, -0.25) is 9.87 Å². The molecule has 1 unspecified atom stereocenters. The number of aliphatic hydroxyl groups is 1. The largest absolute Gasteiger partial charge is 0.379 e. The van der Waals surface area contributed by atoms with E-state index in [2.05, 4.69) is 5.32 Å². The molecule has 1 aliphatic rings. The lowest BCUT2D eigenvalue weighted by Crippen LogP contribution is -2.42. The van der Waals surface area contributed by atoms with Crippen molar-refractivity contribution in [3.63, 3.8) is 0 Å². The van der Waals surface area contributed by atoms with Crippen molar-refractivity contribution in [3.05, 3.63) is 0 Å². The van der Waals surface area contributed by atoms with E-state index in [4.69, 9.17) is 9.66 Å². The molecule has 6 heteroatoms. The van der Waals surface area contributed by atoms with Crippen LogP contribution >= 0.6 is 0 Å². The first kappa shape index (κ1) is 9.83. The Hall–Kier alpha value is -0.170. The third-order valence-corrected chi connectivity index (χ3v) is 0.798. The molecule has 10 heavy (non-hydrogen) atoms. The van der Waals surface area contributed by atoms with Crippen molar-refractivity contribution in [2.45, 2.75) is 12.6 Å². The minimum Gasteiger partial charge on any atom is -0.379 e. The minimum absolute atomic E-state index is 0.185. The molecule has 0 radical (unpaired) electrons. The smallest absolute Gasteiger partial charge is 0.261 e. The molecule has 0 aromatic carbocycles. The van der Waals surface area contributed by atoms with E-state index in [-0.39, 0.29) is 6.23 Å². The summed E-state index contributed by atoms with van der Waals surface area (Å²) in [4.78, 5) is 0. The van der Waals surface area contributed by atoms with Gasteiger partial charge in [-0.05, 0) is 6.42 Å². The highest BCUT2D eigenvalue weighted by atomic mass is 32.2. The number of rotatable bonds is 0. The molecule has 1 heterocycles. The summed E-state index contributed by atoms with van der Waals surface area (Å²) in [5.74, 6) is 0. The SMILES string of the molecule is CS(=O)(=O)O.OC1CCN1. The van der Waals surface area contributed by atoms with Crippen LogP contribution in [0.2, 0.25) is 0 Å². The molecule has 0 saturated carbocycles. The van der Waals surface area contributed by atoms with Gasteiger partial charge in [0.15, 0.2) is 0 Å². The number of hydrogen-bond acceptors (Lipinski definition) is 4. The Kier molecular flexibility index (Phi) is 3.80. The molecule has 5 nitrogen and oxygen atoms in total. The summed E-state index contributed by atoms with van der Waals surface area (Å²) in [6, 6.07) is 0. The zero-order valence-corrected chi connectivity index (χ0v) is 6.43. The van der Waals surface area contributed by atoms with Gasteiger partial charge < -0.3 is 5.11 Å². The fraction of sp³-hybridized carbons (Fsp3) is 1.00. The zero-order chi connectivity index (χ0) is 8.20. The molecule has 1 atom stereocenters. The van der Waals surface area contributed by atoms with Crippen LogP contribution in [-0.2, 0) is 10.1 Å². The fourth-order valence-corrected chi connectivity index (χ4v) is 0.273. The lowest BCUT2D eigenvalue weighted by molar-refractivity contribution is 0.0737. The van der Waals surface area contributed by atoms with E-state index in [0.29, 0.717) is 6.26 Å². The van der Waals surface area contributed by atoms with Gasteiger partial charge in [-0.25, -0.2) is 0 Å². The van der Waals surface area contributed by atoms with Crippen LogP contribution in [0, 0.1) is 0 Å². The second-order valence-electron chi connectivity index (χ2n) is 1.99. The summed E-state index contributed by atoms with van der Waals surface area (Å²) < 4.78 is 25.9. The lowest BCUT2D eigenvalue weighted by atomic mass is 10.3. The van der Waals surface area contributed by atoms with Crippen molar-refractivity contribution in [1.82, 2.24) is 5.32 Å². The van der Waals surface area contributed by atoms with E-state index in [9.17, 15) is 8.42 Å². The van der Waals surface area contributed by atoms with E-state index < -0.39 is 10.1 Å². The molecule has 0 aliphatic carbocycles. The maximum Gasteiger partial charge on any atom is 0.261 e. The van der Waals surface area contributed by atoms with E-state index in [0.717, 1.165) is 13.0 Å². The van der Waals surface area contributed by atoms with Gasteiger partial charge in [0.05, 0.1) is 6.26 Å². The summed E-state index contributed by atoms with van der Waals surface area (Å²) in [6.07, 6.45) is 1.46. The third-order valence-electron chi connectivity index (χ3n) is 0.798. The Morgan fingerprint density at radius 1 is 1.60 bits per heavy atom. The van der Waals surface area contributed by atoms with Gasteiger partial charge in [-0.2, -0.15) is 8.42 Å². The van der Waals surface area contributed by atoms with Gasteiger partial charge in [0, 0.05) is 6.54 Å². The van der Waals surface area contributed by atoms with Gasteiger partial charge in [0.25, 0.3) is 10.1 Å². The normalized spacial score (nSPS) is 24.1. The number of nitrogens with one attached hydrogen (secondary N) is 1. The van der Waals surface area contributed by atoms with Gasteiger partial charge in [0.1, 0.15) is 6.23 Å². The molecule has 0 bridgehead atoms. The second-order valence-corrected chi connectivity index (χ2v) is 3.46. The molecule has 0 spiro atoms. The zero-order valence-electron chi connectivity index (χ0n) is 5.61. The highest BCUT2D eigenvalue weighted by Gasteiger charge is 2.09. The summed E-state index contributed by atoms with van der Waals surface area (Å²) in [5, 5.41) is 11.1. The first-order chi connectivity index (χ1) is 4.39. The predicted octanol–water partition coefficient (Wildman–Crippen LogP) is -1.20. The predicted molar refractivity (Wildman–Crippen MR) is 36.1 cm³/mol. The molecule has 1 aliphatic heterocycles. The van der Waals surface area contributed by atoms with Crippen molar-refractivity contribution in [2.24, 2.45) is 0 Å². The first-order valence-electron chi connectivity index (χ1n) is 2.73. The average molecular weight is 169 g/mol. The summed E-state index contributed by atoms with van der Waals surface area (Å²) >= 11 is 0. The van der Waals surface area contributed by atoms with Crippen LogP contribution in [0.25, 0.3) is 0 Å². The molecule has 3 N–H and O–H groups in total. The van der Waals surface area contributed by atoms with Crippen LogP contribution in [0.3, 0.4) is 0 Å². The van der Waals surface area contributed by atoms with Crippen molar-refractivity contribution in [1.29, 1.82) is 0 Å². The highest BCUT2D eigenvalue weighted by Crippen LogP contribution is 1.93. The molecule has 1 saturated heterocycles. The van der Waals surface area contributed by atoms with E-state index in [1.54, 1.807) is 0 Å². The fourth-order valence-electron chi connectivity index (χ4n) is 0.273. The topological polar surface area (TPSA) is 86.6 Å². The molecule has 0 amide bonds. The Labute approximate surface area is 59.8 Å². The Morgan fingerprint density at radius 3 is 1.80 bits per heavy atom. The maximum atomic E-state index is 9.19. The van der Waals surface area contributed by atoms with Gasteiger partial charge in [-0.15, -0.1) is 0 Å². The Morgan fingerprint density at radius 2 is 1.80 bits per heavy atom. The molecular weight excluding hydrogens is 158 g/mol. The summed E-state index contributed by atoms with van der Waals surface area (Å²) in [6.45, 7) is 0.987. The van der Waals surface area contributed by atoms with Crippen molar-refractivity contribution >= 4 is 10.1 Å². The van der Waals surface area contributed by atoms with Gasteiger partial charge in [0.2, 0.25) is 0 Å². The molecule has 0 aromatic rings. The highest BCUT2D eigenvalue weighted by molar-refractivity contribution is 7.85. The van der Waals surface area contributed by atoms with E-state index in [1.807, 2.05) is 0 Å². The van der Waals surface area contributed by atoms with Crippen LogP contribution < -0.4 is 5.32 Å². The monoisotopic (exact) mass is 169 g/mol. The van der Waals surface area contributed by atoms with E-state index >= 15 is 0 Å². The van der Waals surface area contributed by atoms with Gasteiger partial charge >= 0.3 is 0 Å². The van der Waals surface area contributed by atoms with Crippen LogP contribution in [0.5, 0.6) is 0 Å². The first-order valence-corrected chi connectivity index (χ1v) is 4.58. The number of aliphatic hydroxyl groups excluding tert-OH is 1. The van der Waals surface area contributed by atoms with Crippen LogP contribution in [0.1, 0.15) is 6.42 Å². The van der Waals surface area contributed by atoms with Crippen molar-refractivity contribution < 1.29 is 18.1 Å². The van der Waals surface area contributed by atoms with Crippen molar-refractivity contribution in [2.75, 3.05) is 12.8 Å². The lowest BCUT2D eigenvalue weighted by Gasteiger charge is -2.20.